The molecule has 4 atom stereocenters. The summed E-state index contributed by atoms with van der Waals surface area (Å²) in [6.07, 6.45) is 7.78. The summed E-state index contributed by atoms with van der Waals surface area (Å²) in [4.78, 5) is 22.9. The fraction of sp³-hybridized carbons (Fsp3) is 0.818. The van der Waals surface area contributed by atoms with E-state index in [1.165, 1.54) is 12.5 Å². The van der Waals surface area contributed by atoms with Crippen LogP contribution < -0.4 is 5.32 Å². The van der Waals surface area contributed by atoms with Gasteiger partial charge in [0.1, 0.15) is 11.9 Å². The van der Waals surface area contributed by atoms with Gasteiger partial charge in [-0.15, -0.1) is 0 Å². The molecule has 28 heavy (non-hydrogen) atoms. The van der Waals surface area contributed by atoms with Crippen LogP contribution in [-0.2, 0) is 19.1 Å². The van der Waals surface area contributed by atoms with Crippen LogP contribution in [0.25, 0.3) is 0 Å². The van der Waals surface area contributed by atoms with Gasteiger partial charge >= 0.3 is 5.97 Å². The van der Waals surface area contributed by atoms with Crippen LogP contribution >= 0.6 is 0 Å². The minimum atomic E-state index is -0.858. The SMILES string of the molecule is CO[C@@H]1CC[C@@H](OC(=O)CNCC(C)=O)CC1[C@@](C)(O)CCCCC=C(C)C. The topological polar surface area (TPSA) is 84.9 Å². The lowest BCUT2D eigenvalue weighted by Crippen LogP contribution is -2.48. The van der Waals surface area contributed by atoms with Crippen molar-refractivity contribution in [2.45, 2.75) is 90.4 Å². The van der Waals surface area contributed by atoms with E-state index in [-0.39, 0.29) is 43.0 Å². The van der Waals surface area contributed by atoms with Crippen LogP contribution in [0.15, 0.2) is 11.6 Å². The van der Waals surface area contributed by atoms with Gasteiger partial charge in [-0.25, -0.2) is 0 Å². The van der Waals surface area contributed by atoms with Crippen molar-refractivity contribution in [1.82, 2.24) is 5.32 Å². The van der Waals surface area contributed by atoms with Crippen molar-refractivity contribution in [2.24, 2.45) is 5.92 Å². The number of nitrogens with one attached hydrogen (secondary N) is 1. The van der Waals surface area contributed by atoms with Gasteiger partial charge in [0.25, 0.3) is 0 Å². The van der Waals surface area contributed by atoms with Crippen LogP contribution in [0, 0.1) is 5.92 Å². The monoisotopic (exact) mass is 397 g/mol. The summed E-state index contributed by atoms with van der Waals surface area (Å²) in [5.74, 6) is -0.450. The van der Waals surface area contributed by atoms with Gasteiger partial charge in [0.05, 0.1) is 24.8 Å². The zero-order chi connectivity index (χ0) is 21.2. The van der Waals surface area contributed by atoms with Crippen molar-refractivity contribution in [1.29, 1.82) is 0 Å². The normalized spacial score (nSPS) is 24.3. The summed E-state index contributed by atoms with van der Waals surface area (Å²) in [5, 5.41) is 13.9. The van der Waals surface area contributed by atoms with Crippen LogP contribution in [0.2, 0.25) is 0 Å². The van der Waals surface area contributed by atoms with Crippen molar-refractivity contribution >= 4 is 11.8 Å². The number of carbonyl (C=O) groups excluding carboxylic acids is 2. The van der Waals surface area contributed by atoms with E-state index in [4.69, 9.17) is 9.47 Å². The lowest BCUT2D eigenvalue weighted by Gasteiger charge is -2.43. The highest BCUT2D eigenvalue weighted by Gasteiger charge is 2.42. The molecule has 0 bridgehead atoms. The molecular weight excluding hydrogens is 358 g/mol. The molecule has 0 aromatic rings. The zero-order valence-corrected chi connectivity index (χ0v) is 18.3. The molecule has 0 saturated heterocycles. The predicted octanol–water partition coefficient (Wildman–Crippen LogP) is 3.17. The number of ether oxygens (including phenoxy) is 2. The van der Waals surface area contributed by atoms with E-state index < -0.39 is 5.60 Å². The maximum atomic E-state index is 12.0. The second-order valence-corrected chi connectivity index (χ2v) is 8.50. The number of methoxy groups -OCH3 is 1. The molecule has 0 spiro atoms. The minimum Gasteiger partial charge on any atom is -0.461 e. The van der Waals surface area contributed by atoms with Crippen molar-refractivity contribution in [2.75, 3.05) is 20.2 Å². The Labute approximate surface area is 170 Å². The van der Waals surface area contributed by atoms with Crippen LogP contribution in [-0.4, -0.2) is 54.9 Å². The zero-order valence-electron chi connectivity index (χ0n) is 18.3. The fourth-order valence-electron chi connectivity index (χ4n) is 3.92. The summed E-state index contributed by atoms with van der Waals surface area (Å²) in [7, 11) is 1.68. The Morgan fingerprint density at radius 2 is 1.89 bits per heavy atom. The number of hydrogen-bond acceptors (Lipinski definition) is 6. The molecule has 0 radical (unpaired) electrons. The molecule has 1 aliphatic carbocycles. The first-order valence-corrected chi connectivity index (χ1v) is 10.4. The Balaban J connectivity index is 2.55. The highest BCUT2D eigenvalue weighted by Crippen LogP contribution is 2.38. The third kappa shape index (κ3) is 9.30. The predicted molar refractivity (Wildman–Crippen MR) is 110 cm³/mol. The van der Waals surface area contributed by atoms with E-state index >= 15 is 0 Å². The Morgan fingerprint density at radius 3 is 2.50 bits per heavy atom. The van der Waals surface area contributed by atoms with Crippen LogP contribution in [0.5, 0.6) is 0 Å². The highest BCUT2D eigenvalue weighted by atomic mass is 16.5. The number of ketones is 1. The molecule has 0 heterocycles. The van der Waals surface area contributed by atoms with Gasteiger partial charge < -0.3 is 19.9 Å². The first-order chi connectivity index (χ1) is 13.2. The number of esters is 1. The van der Waals surface area contributed by atoms with Gasteiger partial charge in [0, 0.05) is 13.0 Å². The molecule has 0 aliphatic heterocycles. The van der Waals surface area contributed by atoms with E-state index in [0.29, 0.717) is 12.8 Å². The lowest BCUT2D eigenvalue weighted by atomic mass is 9.72. The smallest absolute Gasteiger partial charge is 0.320 e. The molecule has 2 N–H and O–H groups in total. The summed E-state index contributed by atoms with van der Waals surface area (Å²) >= 11 is 0. The maximum Gasteiger partial charge on any atom is 0.320 e. The molecule has 1 fully saturated rings. The third-order valence-electron chi connectivity index (χ3n) is 5.47. The summed E-state index contributed by atoms with van der Waals surface area (Å²) in [6, 6.07) is 0. The Morgan fingerprint density at radius 1 is 1.18 bits per heavy atom. The average molecular weight is 398 g/mol. The van der Waals surface area contributed by atoms with Gasteiger partial charge in [0.15, 0.2) is 0 Å². The highest BCUT2D eigenvalue weighted by molar-refractivity contribution is 5.78. The van der Waals surface area contributed by atoms with Gasteiger partial charge in [-0.2, -0.15) is 0 Å². The van der Waals surface area contributed by atoms with Crippen LogP contribution in [0.4, 0.5) is 0 Å². The average Bonchev–Trinajstić information content (AvgIpc) is 2.60. The second-order valence-electron chi connectivity index (χ2n) is 8.50. The van der Waals surface area contributed by atoms with E-state index in [9.17, 15) is 14.7 Å². The molecule has 1 saturated carbocycles. The van der Waals surface area contributed by atoms with Crippen molar-refractivity contribution < 1.29 is 24.2 Å². The molecule has 0 aromatic heterocycles. The molecule has 0 aromatic carbocycles. The number of carbonyl (C=O) groups is 2. The number of aliphatic hydroxyl groups is 1. The van der Waals surface area contributed by atoms with E-state index in [1.54, 1.807) is 7.11 Å². The molecular formula is C22H39NO5. The molecule has 6 nitrogen and oxygen atoms in total. The van der Waals surface area contributed by atoms with E-state index in [2.05, 4.69) is 25.2 Å². The number of allylic oxidation sites excluding steroid dienone is 2. The molecule has 1 unspecified atom stereocenters. The number of rotatable bonds is 12. The van der Waals surface area contributed by atoms with E-state index in [1.807, 2.05) is 6.92 Å². The lowest BCUT2D eigenvalue weighted by molar-refractivity contribution is -0.160. The fourth-order valence-corrected chi connectivity index (χ4v) is 3.92. The minimum absolute atomic E-state index is 0.0194. The maximum absolute atomic E-state index is 12.0. The largest absolute Gasteiger partial charge is 0.461 e. The summed E-state index contributed by atoms with van der Waals surface area (Å²) in [6.45, 7) is 7.72. The molecule has 0 amide bonds. The molecule has 6 heteroatoms. The standard InChI is InChI=1S/C22H39NO5/c1-16(2)9-7-6-8-12-22(4,26)19-13-18(10-11-20(19)27-5)28-21(25)15-23-14-17(3)24/h9,18-20,23,26H,6-8,10-15H2,1-5H3/t18-,19?,20-,22+/m1/s1. The van der Waals surface area contributed by atoms with Gasteiger partial charge in [-0.1, -0.05) is 18.1 Å². The van der Waals surface area contributed by atoms with Gasteiger partial charge in [-0.05, 0) is 66.2 Å². The van der Waals surface area contributed by atoms with Crippen molar-refractivity contribution in [3.8, 4) is 0 Å². The Bertz CT molecular complexity index is 525. The van der Waals surface area contributed by atoms with Gasteiger partial charge in [0.2, 0.25) is 0 Å². The van der Waals surface area contributed by atoms with Crippen molar-refractivity contribution in [3.05, 3.63) is 11.6 Å². The first-order valence-electron chi connectivity index (χ1n) is 10.4. The van der Waals surface area contributed by atoms with Crippen LogP contribution in [0.3, 0.4) is 0 Å². The second kappa shape index (κ2) is 12.3. The molecule has 1 rings (SSSR count). The third-order valence-corrected chi connectivity index (χ3v) is 5.47. The Kier molecular flexibility index (Phi) is 10.9. The van der Waals surface area contributed by atoms with E-state index in [0.717, 1.165) is 32.1 Å². The first kappa shape index (κ1) is 24.8. The number of hydrogen-bond donors (Lipinski definition) is 2. The van der Waals surface area contributed by atoms with Crippen molar-refractivity contribution in [3.63, 3.8) is 0 Å². The summed E-state index contributed by atoms with van der Waals surface area (Å²) in [5.41, 5.74) is 0.463. The summed E-state index contributed by atoms with van der Waals surface area (Å²) < 4.78 is 11.2. The molecule has 1 aliphatic rings. The Hall–Kier alpha value is -1.24. The number of unbranched alkanes of at least 4 members (excludes halogenated alkanes) is 2. The molecule has 162 valence electrons. The quantitative estimate of drug-likeness (QED) is 0.299. The van der Waals surface area contributed by atoms with Crippen LogP contribution in [0.1, 0.15) is 72.6 Å². The number of Topliss-reactive ketones (excluding diaryl/α,β-unsaturated/α-hetero) is 1. The van der Waals surface area contributed by atoms with Gasteiger partial charge in [-0.3, -0.25) is 9.59 Å².